The number of para-hydroxylation sites is 1. The van der Waals surface area contributed by atoms with Crippen LogP contribution in [0.4, 0.5) is 0 Å². The SMILES string of the molecule is COC(=O)c1ccc(C2c3c(-c4ccccc4O)n[nH]c3C(=O)N2Cc2ccc(C)cc2)cc1. The van der Waals surface area contributed by atoms with E-state index in [1.165, 1.54) is 7.11 Å². The number of aromatic nitrogens is 2. The number of benzene rings is 3. The number of ether oxygens (including phenoxy) is 1. The van der Waals surface area contributed by atoms with Crippen molar-refractivity contribution in [2.75, 3.05) is 7.11 Å². The Morgan fingerprint density at radius 2 is 1.76 bits per heavy atom. The van der Waals surface area contributed by atoms with Crippen LogP contribution in [0.5, 0.6) is 5.75 Å². The average molecular weight is 453 g/mol. The largest absolute Gasteiger partial charge is 0.507 e. The van der Waals surface area contributed by atoms with Crippen molar-refractivity contribution in [2.45, 2.75) is 19.5 Å². The van der Waals surface area contributed by atoms with Crippen molar-refractivity contribution in [3.63, 3.8) is 0 Å². The second-order valence-electron chi connectivity index (χ2n) is 8.31. The number of hydrogen-bond acceptors (Lipinski definition) is 5. The summed E-state index contributed by atoms with van der Waals surface area (Å²) < 4.78 is 4.82. The van der Waals surface area contributed by atoms with Crippen LogP contribution in [0.1, 0.15) is 49.1 Å². The van der Waals surface area contributed by atoms with Crippen LogP contribution in [0.15, 0.2) is 72.8 Å². The van der Waals surface area contributed by atoms with Gasteiger partial charge in [-0.25, -0.2) is 4.79 Å². The summed E-state index contributed by atoms with van der Waals surface area (Å²) in [5, 5.41) is 17.8. The highest BCUT2D eigenvalue weighted by Gasteiger charge is 2.42. The molecule has 170 valence electrons. The van der Waals surface area contributed by atoms with E-state index in [9.17, 15) is 14.7 Å². The van der Waals surface area contributed by atoms with Crippen LogP contribution in [0.25, 0.3) is 11.3 Å². The third-order valence-corrected chi connectivity index (χ3v) is 6.14. The van der Waals surface area contributed by atoms with Crippen LogP contribution < -0.4 is 0 Å². The van der Waals surface area contributed by atoms with Crippen LogP contribution in [0.3, 0.4) is 0 Å². The molecular formula is C27H23N3O4. The number of amides is 1. The Morgan fingerprint density at radius 3 is 2.44 bits per heavy atom. The van der Waals surface area contributed by atoms with E-state index in [4.69, 9.17) is 4.74 Å². The fraction of sp³-hybridized carbons (Fsp3) is 0.148. The summed E-state index contributed by atoms with van der Waals surface area (Å²) in [7, 11) is 1.34. The van der Waals surface area contributed by atoms with E-state index in [1.54, 1.807) is 35.2 Å². The van der Waals surface area contributed by atoms with Crippen LogP contribution in [-0.2, 0) is 11.3 Å². The Balaban J connectivity index is 1.63. The number of carbonyl (C=O) groups excluding carboxylic acids is 2. The normalized spacial score (nSPS) is 14.8. The van der Waals surface area contributed by atoms with Crippen molar-refractivity contribution in [3.05, 3.63) is 106 Å². The first kappa shape index (κ1) is 21.5. The maximum Gasteiger partial charge on any atom is 0.337 e. The number of aromatic hydroxyl groups is 1. The smallest absolute Gasteiger partial charge is 0.337 e. The predicted octanol–water partition coefficient (Wildman–Crippen LogP) is 4.62. The Hall–Kier alpha value is -4.39. The highest BCUT2D eigenvalue weighted by molar-refractivity contribution is 6.00. The van der Waals surface area contributed by atoms with E-state index in [0.29, 0.717) is 34.6 Å². The number of aryl methyl sites for hydroxylation is 1. The van der Waals surface area contributed by atoms with Gasteiger partial charge in [0.25, 0.3) is 5.91 Å². The number of phenolic OH excluding ortho intramolecular Hbond substituents is 1. The molecule has 0 saturated heterocycles. The Labute approximate surface area is 196 Å². The number of rotatable bonds is 5. The first-order valence-corrected chi connectivity index (χ1v) is 10.9. The van der Waals surface area contributed by atoms with Crippen molar-refractivity contribution >= 4 is 11.9 Å². The monoisotopic (exact) mass is 453 g/mol. The third-order valence-electron chi connectivity index (χ3n) is 6.14. The minimum Gasteiger partial charge on any atom is -0.507 e. The quantitative estimate of drug-likeness (QED) is 0.430. The molecule has 0 radical (unpaired) electrons. The number of aromatic amines is 1. The highest BCUT2D eigenvalue weighted by Crippen LogP contribution is 2.45. The van der Waals surface area contributed by atoms with Crippen LogP contribution in [0.2, 0.25) is 0 Å². The van der Waals surface area contributed by atoms with Gasteiger partial charge in [0.15, 0.2) is 0 Å². The molecule has 1 amide bonds. The predicted molar refractivity (Wildman–Crippen MR) is 126 cm³/mol. The number of nitrogens with one attached hydrogen (secondary N) is 1. The fourth-order valence-corrected chi connectivity index (χ4v) is 4.40. The van der Waals surface area contributed by atoms with Crippen molar-refractivity contribution in [1.82, 2.24) is 15.1 Å². The molecule has 1 atom stereocenters. The van der Waals surface area contributed by atoms with E-state index in [0.717, 1.165) is 16.7 Å². The van der Waals surface area contributed by atoms with Gasteiger partial charge in [-0.05, 0) is 42.3 Å². The molecule has 0 fully saturated rings. The maximum atomic E-state index is 13.5. The van der Waals surface area contributed by atoms with E-state index < -0.39 is 12.0 Å². The zero-order valence-corrected chi connectivity index (χ0v) is 18.8. The summed E-state index contributed by atoms with van der Waals surface area (Å²) in [6.07, 6.45) is 0. The molecule has 2 heterocycles. The van der Waals surface area contributed by atoms with Gasteiger partial charge in [0.2, 0.25) is 0 Å². The topological polar surface area (TPSA) is 95.5 Å². The zero-order chi connectivity index (χ0) is 23.8. The molecule has 0 spiro atoms. The van der Waals surface area contributed by atoms with Gasteiger partial charge in [0.05, 0.1) is 18.7 Å². The molecule has 3 aromatic carbocycles. The molecule has 4 aromatic rings. The molecule has 34 heavy (non-hydrogen) atoms. The van der Waals surface area contributed by atoms with Crippen molar-refractivity contribution in [2.24, 2.45) is 0 Å². The summed E-state index contributed by atoms with van der Waals surface area (Å²) in [4.78, 5) is 27.2. The molecule has 1 aliphatic rings. The summed E-state index contributed by atoms with van der Waals surface area (Å²) >= 11 is 0. The first-order chi connectivity index (χ1) is 16.5. The number of phenols is 1. The summed E-state index contributed by atoms with van der Waals surface area (Å²) in [6, 6.07) is 21.5. The lowest BCUT2D eigenvalue weighted by Crippen LogP contribution is -2.29. The summed E-state index contributed by atoms with van der Waals surface area (Å²) in [5.74, 6) is -0.516. The number of methoxy groups -OCH3 is 1. The van der Waals surface area contributed by atoms with E-state index in [-0.39, 0.29) is 11.7 Å². The number of H-pyrrole nitrogens is 1. The molecular weight excluding hydrogens is 430 g/mol. The number of hydrogen-bond donors (Lipinski definition) is 2. The first-order valence-electron chi connectivity index (χ1n) is 10.9. The minimum absolute atomic E-state index is 0.0843. The van der Waals surface area contributed by atoms with Crippen LogP contribution in [-0.4, -0.2) is 39.2 Å². The molecule has 5 rings (SSSR count). The molecule has 7 nitrogen and oxygen atoms in total. The maximum absolute atomic E-state index is 13.5. The fourth-order valence-electron chi connectivity index (χ4n) is 4.40. The minimum atomic E-state index is -0.455. The lowest BCUT2D eigenvalue weighted by Gasteiger charge is -2.27. The second kappa shape index (κ2) is 8.51. The van der Waals surface area contributed by atoms with E-state index in [1.807, 2.05) is 49.4 Å². The van der Waals surface area contributed by atoms with Gasteiger partial charge in [-0.2, -0.15) is 5.10 Å². The summed E-state index contributed by atoms with van der Waals surface area (Å²) in [6.45, 7) is 2.41. The van der Waals surface area contributed by atoms with Crippen molar-refractivity contribution in [1.29, 1.82) is 0 Å². The van der Waals surface area contributed by atoms with Gasteiger partial charge in [0, 0.05) is 17.7 Å². The van der Waals surface area contributed by atoms with E-state index in [2.05, 4.69) is 10.2 Å². The third kappa shape index (κ3) is 3.61. The lowest BCUT2D eigenvalue weighted by molar-refractivity contribution is 0.0600. The summed E-state index contributed by atoms with van der Waals surface area (Å²) in [5.41, 5.74) is 5.55. The van der Waals surface area contributed by atoms with Crippen LogP contribution in [0, 0.1) is 6.92 Å². The van der Waals surface area contributed by atoms with Crippen LogP contribution >= 0.6 is 0 Å². The number of nitrogens with zero attached hydrogens (tertiary/aromatic N) is 2. The number of carbonyl (C=O) groups is 2. The van der Waals surface area contributed by atoms with Gasteiger partial charge < -0.3 is 14.7 Å². The second-order valence-corrected chi connectivity index (χ2v) is 8.31. The Kier molecular flexibility index (Phi) is 5.37. The molecule has 0 aliphatic carbocycles. The van der Waals surface area contributed by atoms with Gasteiger partial charge in [-0.15, -0.1) is 0 Å². The number of fused-ring (bicyclic) bond motifs is 1. The Bertz CT molecular complexity index is 1370. The number of esters is 1. The molecule has 1 aromatic heterocycles. The molecule has 0 saturated carbocycles. The van der Waals surface area contributed by atoms with Gasteiger partial charge in [-0.3, -0.25) is 9.89 Å². The molecule has 2 N–H and O–H groups in total. The lowest BCUT2D eigenvalue weighted by atomic mass is 9.95. The molecule has 1 unspecified atom stereocenters. The van der Waals surface area contributed by atoms with Gasteiger partial charge in [-0.1, -0.05) is 54.1 Å². The van der Waals surface area contributed by atoms with Crippen molar-refractivity contribution in [3.8, 4) is 17.0 Å². The van der Waals surface area contributed by atoms with Gasteiger partial charge >= 0.3 is 5.97 Å². The average Bonchev–Trinajstić information content (AvgIpc) is 3.39. The molecule has 1 aliphatic heterocycles. The standard InChI is InChI=1S/C27H23N3O4/c1-16-7-9-17(10-8-16)15-30-25(18-11-13-19(14-12-18)27(33)34-2)22-23(28-29-24(22)26(30)32)20-5-3-4-6-21(20)31/h3-14,25,31H,15H2,1-2H3,(H,28,29). The Morgan fingerprint density at radius 1 is 1.06 bits per heavy atom. The molecule has 0 bridgehead atoms. The molecule has 7 heteroatoms. The van der Waals surface area contributed by atoms with Crippen molar-refractivity contribution < 1.29 is 19.4 Å². The zero-order valence-electron chi connectivity index (χ0n) is 18.8. The van der Waals surface area contributed by atoms with Gasteiger partial charge in [0.1, 0.15) is 17.1 Å². The van der Waals surface area contributed by atoms with E-state index >= 15 is 0 Å². The highest BCUT2D eigenvalue weighted by atomic mass is 16.5.